The van der Waals surface area contributed by atoms with Gasteiger partial charge in [0.05, 0.1) is 5.69 Å². The number of hydrogen-bond donors (Lipinski definition) is 1. The van der Waals surface area contributed by atoms with Gasteiger partial charge in [0.2, 0.25) is 15.9 Å². The minimum Gasteiger partial charge on any atom is -0.325 e. The summed E-state index contributed by atoms with van der Waals surface area (Å²) in [5.74, 6) is -1.26. The largest absolute Gasteiger partial charge is 0.325 e. The van der Waals surface area contributed by atoms with Crippen LogP contribution in [0.4, 0.5) is 10.1 Å². The molecule has 1 unspecified atom stereocenters. The first-order valence-electron chi connectivity index (χ1n) is 10.0. The molecule has 0 spiro atoms. The molecule has 1 fully saturated rings. The summed E-state index contributed by atoms with van der Waals surface area (Å²) in [7, 11) is -4.12. The summed E-state index contributed by atoms with van der Waals surface area (Å²) in [6, 6.07) is 11.5. The third-order valence-corrected chi connectivity index (χ3v) is 8.18. The van der Waals surface area contributed by atoms with E-state index in [2.05, 4.69) is 10.3 Å². The third-order valence-electron chi connectivity index (χ3n) is 5.47. The summed E-state index contributed by atoms with van der Waals surface area (Å²) in [5.41, 5.74) is 2.28. The number of sulfonamides is 1. The molecule has 5 rings (SSSR count). The van der Waals surface area contributed by atoms with Crippen molar-refractivity contribution in [2.75, 3.05) is 11.9 Å². The molecule has 10 heteroatoms. The second-order valence-corrected chi connectivity index (χ2v) is 10.2. The first-order chi connectivity index (χ1) is 15.4. The summed E-state index contributed by atoms with van der Waals surface area (Å²) in [4.78, 5) is 17.9. The number of nitrogens with zero attached hydrogens (tertiary/aromatic N) is 3. The molecule has 164 valence electrons. The predicted molar refractivity (Wildman–Crippen MR) is 120 cm³/mol. The van der Waals surface area contributed by atoms with Crippen LogP contribution in [0.15, 0.2) is 71.2 Å². The molecular weight excluding hydrogens is 451 g/mol. The zero-order chi connectivity index (χ0) is 22.3. The number of halogens is 1. The first kappa shape index (κ1) is 20.8. The van der Waals surface area contributed by atoms with Crippen LogP contribution >= 0.6 is 11.3 Å². The Hall–Kier alpha value is -3.08. The molecule has 32 heavy (non-hydrogen) atoms. The second-order valence-electron chi connectivity index (χ2n) is 7.49. The number of carbonyl (C=O) groups excluding carboxylic acids is 1. The van der Waals surface area contributed by atoms with Gasteiger partial charge in [-0.05, 0) is 37.1 Å². The van der Waals surface area contributed by atoms with Gasteiger partial charge in [0.1, 0.15) is 16.8 Å². The van der Waals surface area contributed by atoms with Gasteiger partial charge in [0, 0.05) is 35.6 Å². The lowest BCUT2D eigenvalue weighted by molar-refractivity contribution is -0.119. The van der Waals surface area contributed by atoms with Crippen LogP contribution in [0.5, 0.6) is 0 Å². The highest BCUT2D eigenvalue weighted by molar-refractivity contribution is 7.89. The Morgan fingerprint density at radius 2 is 1.94 bits per heavy atom. The van der Waals surface area contributed by atoms with Gasteiger partial charge < -0.3 is 5.32 Å². The fourth-order valence-electron chi connectivity index (χ4n) is 3.89. The maximum Gasteiger partial charge on any atom is 0.246 e. The van der Waals surface area contributed by atoms with Crippen LogP contribution in [0.25, 0.3) is 16.2 Å². The lowest BCUT2D eigenvalue weighted by atomic mass is 10.1. The van der Waals surface area contributed by atoms with E-state index in [-0.39, 0.29) is 6.54 Å². The van der Waals surface area contributed by atoms with Crippen LogP contribution in [0.3, 0.4) is 0 Å². The molecule has 2 aromatic heterocycles. The van der Waals surface area contributed by atoms with Gasteiger partial charge in [0.25, 0.3) is 0 Å². The highest BCUT2D eigenvalue weighted by Crippen LogP contribution is 2.29. The van der Waals surface area contributed by atoms with E-state index in [1.54, 1.807) is 23.5 Å². The number of nitrogens with one attached hydrogen (secondary N) is 1. The number of hydrogen-bond acceptors (Lipinski definition) is 5. The summed E-state index contributed by atoms with van der Waals surface area (Å²) in [5, 5.41) is 4.75. The zero-order valence-corrected chi connectivity index (χ0v) is 18.4. The quantitative estimate of drug-likeness (QED) is 0.478. The highest BCUT2D eigenvalue weighted by atomic mass is 32.2. The maximum atomic E-state index is 14.1. The lowest BCUT2D eigenvalue weighted by Gasteiger charge is -2.23. The molecule has 1 aliphatic heterocycles. The SMILES string of the molecule is O=C(Nc1ccc(-c2cn3ccsc3n2)cc1)C1CCCN1S(=O)(=O)c1ccccc1F. The molecule has 0 aliphatic carbocycles. The van der Waals surface area contributed by atoms with Crippen molar-refractivity contribution in [3.05, 3.63) is 72.1 Å². The molecule has 0 bridgehead atoms. The molecule has 1 aliphatic rings. The molecule has 4 aromatic rings. The fourth-order valence-corrected chi connectivity index (χ4v) is 6.31. The van der Waals surface area contributed by atoms with Crippen molar-refractivity contribution < 1.29 is 17.6 Å². The summed E-state index contributed by atoms with van der Waals surface area (Å²) < 4.78 is 43.1. The number of rotatable bonds is 5. The van der Waals surface area contributed by atoms with E-state index in [1.165, 1.54) is 18.2 Å². The van der Waals surface area contributed by atoms with E-state index in [4.69, 9.17) is 0 Å². The lowest BCUT2D eigenvalue weighted by Crippen LogP contribution is -2.43. The standard InChI is InChI=1S/C22H19FN4O3S2/c23-17-4-1-2-6-20(17)32(29,30)27-11-3-5-19(27)21(28)24-16-9-7-15(8-10-16)18-14-26-12-13-31-22(26)25-18/h1-2,4,6-10,12-14,19H,3,5,11H2,(H,24,28). The van der Waals surface area contributed by atoms with E-state index in [0.717, 1.165) is 26.6 Å². The number of anilines is 1. The van der Waals surface area contributed by atoms with Crippen LogP contribution in [-0.2, 0) is 14.8 Å². The molecule has 1 atom stereocenters. The topological polar surface area (TPSA) is 83.8 Å². The minimum atomic E-state index is -4.12. The molecule has 3 heterocycles. The summed E-state index contributed by atoms with van der Waals surface area (Å²) in [6.07, 6.45) is 4.78. The van der Waals surface area contributed by atoms with Gasteiger partial charge in [-0.3, -0.25) is 9.20 Å². The fraction of sp³-hybridized carbons (Fsp3) is 0.182. The molecule has 0 radical (unpaired) electrons. The monoisotopic (exact) mass is 470 g/mol. The van der Waals surface area contributed by atoms with Crippen LogP contribution in [-0.4, -0.2) is 40.6 Å². The Morgan fingerprint density at radius 1 is 1.16 bits per heavy atom. The van der Waals surface area contributed by atoms with E-state index < -0.39 is 32.7 Å². The minimum absolute atomic E-state index is 0.172. The second kappa shape index (κ2) is 8.12. The highest BCUT2D eigenvalue weighted by Gasteiger charge is 2.40. The normalized spacial score (nSPS) is 17.1. The molecule has 1 N–H and O–H groups in total. The van der Waals surface area contributed by atoms with Gasteiger partial charge in [-0.1, -0.05) is 24.3 Å². The number of carbonyl (C=O) groups is 1. The zero-order valence-electron chi connectivity index (χ0n) is 16.8. The number of benzene rings is 2. The molecule has 7 nitrogen and oxygen atoms in total. The van der Waals surface area contributed by atoms with Gasteiger partial charge in [-0.2, -0.15) is 4.31 Å². The number of fused-ring (bicyclic) bond motifs is 1. The van der Waals surface area contributed by atoms with Gasteiger partial charge in [-0.15, -0.1) is 11.3 Å². The van der Waals surface area contributed by atoms with Gasteiger partial charge in [-0.25, -0.2) is 17.8 Å². The number of imidazole rings is 1. The van der Waals surface area contributed by atoms with Crippen molar-refractivity contribution in [3.63, 3.8) is 0 Å². The average molecular weight is 471 g/mol. The summed E-state index contributed by atoms with van der Waals surface area (Å²) in [6.45, 7) is 0.172. The predicted octanol–water partition coefficient (Wildman–Crippen LogP) is 3.99. The maximum absolute atomic E-state index is 14.1. The molecule has 1 amide bonds. The number of amides is 1. The average Bonchev–Trinajstić information content (AvgIpc) is 3.51. The van der Waals surface area contributed by atoms with E-state index in [1.807, 2.05) is 34.3 Å². The van der Waals surface area contributed by atoms with Crippen LogP contribution < -0.4 is 5.32 Å². The van der Waals surface area contributed by atoms with Crippen molar-refractivity contribution in [2.45, 2.75) is 23.8 Å². The van der Waals surface area contributed by atoms with Crippen LogP contribution in [0.1, 0.15) is 12.8 Å². The smallest absolute Gasteiger partial charge is 0.246 e. The van der Waals surface area contributed by atoms with E-state index in [0.29, 0.717) is 18.5 Å². The van der Waals surface area contributed by atoms with E-state index in [9.17, 15) is 17.6 Å². The Bertz CT molecular complexity index is 1370. The van der Waals surface area contributed by atoms with Gasteiger partial charge >= 0.3 is 0 Å². The Balaban J connectivity index is 1.33. The molecular formula is C22H19FN4O3S2. The Kier molecular flexibility index (Phi) is 5.28. The Labute approximate surface area is 188 Å². The van der Waals surface area contributed by atoms with Crippen molar-refractivity contribution in [1.29, 1.82) is 0 Å². The van der Waals surface area contributed by atoms with Crippen LogP contribution in [0.2, 0.25) is 0 Å². The Morgan fingerprint density at radius 3 is 2.69 bits per heavy atom. The number of aromatic nitrogens is 2. The van der Waals surface area contributed by atoms with E-state index >= 15 is 0 Å². The van der Waals surface area contributed by atoms with Crippen molar-refractivity contribution in [1.82, 2.24) is 13.7 Å². The first-order valence-corrected chi connectivity index (χ1v) is 12.4. The molecule has 0 saturated carbocycles. The molecule has 2 aromatic carbocycles. The van der Waals surface area contributed by atoms with Crippen molar-refractivity contribution >= 4 is 37.9 Å². The molecule has 1 saturated heterocycles. The third kappa shape index (κ3) is 3.70. The van der Waals surface area contributed by atoms with Crippen molar-refractivity contribution in [3.8, 4) is 11.3 Å². The van der Waals surface area contributed by atoms with Crippen LogP contribution in [0, 0.1) is 5.82 Å². The van der Waals surface area contributed by atoms with Gasteiger partial charge in [0.15, 0.2) is 4.96 Å². The van der Waals surface area contributed by atoms with Crippen molar-refractivity contribution in [2.24, 2.45) is 0 Å². The number of thiazole rings is 1. The summed E-state index contributed by atoms with van der Waals surface area (Å²) >= 11 is 1.55.